The highest BCUT2D eigenvalue weighted by atomic mass is 32.2. The molecule has 1 saturated heterocycles. The van der Waals surface area contributed by atoms with Crippen molar-refractivity contribution in [1.29, 1.82) is 0 Å². The van der Waals surface area contributed by atoms with Gasteiger partial charge in [-0.2, -0.15) is 24.9 Å². The molecule has 22 heavy (non-hydrogen) atoms. The van der Waals surface area contributed by atoms with E-state index in [9.17, 15) is 13.2 Å². The number of guanidine groups is 1. The van der Waals surface area contributed by atoms with Gasteiger partial charge in [-0.1, -0.05) is 6.07 Å². The lowest BCUT2D eigenvalue weighted by Gasteiger charge is -2.27. The smallest absolute Gasteiger partial charge is 0.422 e. The third-order valence-corrected chi connectivity index (χ3v) is 3.91. The summed E-state index contributed by atoms with van der Waals surface area (Å²) in [6.45, 7) is 0.408. The molecule has 2 N–H and O–H groups in total. The number of hydrogen-bond donors (Lipinski definition) is 1. The first-order valence-electron chi connectivity index (χ1n) is 6.72. The van der Waals surface area contributed by atoms with E-state index in [2.05, 4.69) is 9.98 Å². The third kappa shape index (κ3) is 5.28. The topological polar surface area (TPSA) is 63.7 Å². The van der Waals surface area contributed by atoms with E-state index in [4.69, 9.17) is 10.5 Å². The average molecular weight is 334 g/mol. The Kier molecular flexibility index (Phi) is 5.76. The number of aromatic nitrogens is 1. The first-order valence-corrected chi connectivity index (χ1v) is 7.87. The molecule has 0 radical (unpaired) electrons. The summed E-state index contributed by atoms with van der Waals surface area (Å²) in [5.41, 5.74) is 6.39. The Bertz CT molecular complexity index is 518. The van der Waals surface area contributed by atoms with Crippen LogP contribution in [0.5, 0.6) is 5.88 Å². The van der Waals surface area contributed by atoms with Crippen LogP contribution in [0.3, 0.4) is 0 Å². The molecule has 5 nitrogen and oxygen atoms in total. The molecule has 0 atom stereocenters. The second-order valence-corrected chi connectivity index (χ2v) is 5.87. The first-order chi connectivity index (χ1) is 10.5. The molecular weight excluding hydrogens is 317 g/mol. The molecule has 9 heteroatoms. The Balaban J connectivity index is 1.99. The fourth-order valence-corrected chi connectivity index (χ4v) is 2.79. The Morgan fingerprint density at radius 3 is 2.82 bits per heavy atom. The lowest BCUT2D eigenvalue weighted by Crippen LogP contribution is -2.42. The van der Waals surface area contributed by atoms with Crippen molar-refractivity contribution in [1.82, 2.24) is 9.88 Å². The molecule has 1 aliphatic rings. The van der Waals surface area contributed by atoms with E-state index >= 15 is 0 Å². The number of halogens is 3. The summed E-state index contributed by atoms with van der Waals surface area (Å²) in [6, 6.07) is 3.25. The van der Waals surface area contributed by atoms with Gasteiger partial charge in [0.15, 0.2) is 12.6 Å². The summed E-state index contributed by atoms with van der Waals surface area (Å²) in [7, 11) is 0. The number of thioether (sulfide) groups is 1. The molecule has 0 aromatic carbocycles. The lowest BCUT2D eigenvalue weighted by molar-refractivity contribution is -0.154. The van der Waals surface area contributed by atoms with Gasteiger partial charge >= 0.3 is 6.18 Å². The molecule has 1 fully saturated rings. The van der Waals surface area contributed by atoms with Gasteiger partial charge in [0.2, 0.25) is 5.88 Å². The quantitative estimate of drug-likeness (QED) is 0.673. The summed E-state index contributed by atoms with van der Waals surface area (Å²) in [4.78, 5) is 10.0. The number of aliphatic imine (C=N–C) groups is 1. The second-order valence-electron chi connectivity index (χ2n) is 4.65. The molecule has 0 aliphatic carbocycles. The summed E-state index contributed by atoms with van der Waals surface area (Å²) in [6.07, 6.45) is -3.02. The van der Waals surface area contributed by atoms with Gasteiger partial charge < -0.3 is 15.4 Å². The maximum absolute atomic E-state index is 12.2. The van der Waals surface area contributed by atoms with Crippen LogP contribution in [0.2, 0.25) is 0 Å². The Hall–Kier alpha value is -1.64. The standard InChI is InChI=1S/C13H17F3N4OS/c14-13(15,16)9-21-11-10(2-1-3-18-11)8-19-12(17)20-4-6-22-7-5-20/h1-3H,4-9H2,(H2,17,19). The van der Waals surface area contributed by atoms with E-state index in [1.54, 1.807) is 12.1 Å². The normalized spacial score (nSPS) is 16.7. The van der Waals surface area contributed by atoms with Crippen molar-refractivity contribution in [2.45, 2.75) is 12.7 Å². The monoisotopic (exact) mass is 334 g/mol. The van der Waals surface area contributed by atoms with E-state index in [1.807, 2.05) is 16.7 Å². The van der Waals surface area contributed by atoms with Crippen molar-refractivity contribution >= 4 is 17.7 Å². The lowest BCUT2D eigenvalue weighted by atomic mass is 10.3. The largest absolute Gasteiger partial charge is 0.468 e. The van der Waals surface area contributed by atoms with Gasteiger partial charge in [-0.05, 0) is 6.07 Å². The summed E-state index contributed by atoms with van der Waals surface area (Å²) < 4.78 is 41.4. The van der Waals surface area contributed by atoms with Gasteiger partial charge in [-0.15, -0.1) is 0 Å². The molecule has 1 aromatic rings. The van der Waals surface area contributed by atoms with E-state index in [-0.39, 0.29) is 12.4 Å². The zero-order valence-electron chi connectivity index (χ0n) is 11.8. The molecule has 0 unspecified atom stereocenters. The van der Waals surface area contributed by atoms with Gasteiger partial charge in [-0.3, -0.25) is 0 Å². The Morgan fingerprint density at radius 1 is 1.41 bits per heavy atom. The Labute approximate surface area is 130 Å². The number of nitrogens with zero attached hydrogens (tertiary/aromatic N) is 3. The van der Waals surface area contributed by atoms with Gasteiger partial charge in [0, 0.05) is 36.4 Å². The summed E-state index contributed by atoms with van der Waals surface area (Å²) in [5.74, 6) is 2.31. The first kappa shape index (κ1) is 16.7. The minimum atomic E-state index is -4.40. The van der Waals surface area contributed by atoms with Crippen LogP contribution in [-0.2, 0) is 6.54 Å². The minimum absolute atomic E-state index is 0.0643. The van der Waals surface area contributed by atoms with E-state index in [0.29, 0.717) is 11.5 Å². The number of nitrogens with two attached hydrogens (primary N) is 1. The third-order valence-electron chi connectivity index (χ3n) is 2.97. The van der Waals surface area contributed by atoms with Crippen LogP contribution in [-0.4, -0.2) is 53.2 Å². The van der Waals surface area contributed by atoms with Crippen LogP contribution in [0, 0.1) is 0 Å². The van der Waals surface area contributed by atoms with Crippen molar-refractivity contribution in [3.05, 3.63) is 23.9 Å². The van der Waals surface area contributed by atoms with Crippen LogP contribution in [0.4, 0.5) is 13.2 Å². The SMILES string of the molecule is NC(=NCc1cccnc1OCC(F)(F)F)N1CCSCC1. The molecule has 0 spiro atoms. The minimum Gasteiger partial charge on any atom is -0.468 e. The molecule has 2 heterocycles. The van der Waals surface area contributed by atoms with Crippen LogP contribution >= 0.6 is 11.8 Å². The maximum Gasteiger partial charge on any atom is 0.422 e. The molecule has 0 saturated carbocycles. The second kappa shape index (κ2) is 7.57. The zero-order valence-corrected chi connectivity index (χ0v) is 12.7. The fraction of sp³-hybridized carbons (Fsp3) is 0.538. The van der Waals surface area contributed by atoms with Crippen molar-refractivity contribution in [2.24, 2.45) is 10.7 Å². The number of pyridine rings is 1. The number of alkyl halides is 3. The Morgan fingerprint density at radius 2 is 2.14 bits per heavy atom. The molecule has 1 aliphatic heterocycles. The van der Waals surface area contributed by atoms with E-state index in [0.717, 1.165) is 24.6 Å². The van der Waals surface area contributed by atoms with E-state index in [1.165, 1.54) is 6.20 Å². The van der Waals surface area contributed by atoms with Crippen molar-refractivity contribution in [3.8, 4) is 5.88 Å². The highest BCUT2D eigenvalue weighted by molar-refractivity contribution is 7.99. The fourth-order valence-electron chi connectivity index (χ4n) is 1.88. The number of rotatable bonds is 4. The van der Waals surface area contributed by atoms with Crippen molar-refractivity contribution in [3.63, 3.8) is 0 Å². The summed E-state index contributed by atoms with van der Waals surface area (Å²) in [5, 5.41) is 0. The highest BCUT2D eigenvalue weighted by Gasteiger charge is 2.29. The van der Waals surface area contributed by atoms with Crippen LogP contribution in [0.15, 0.2) is 23.3 Å². The van der Waals surface area contributed by atoms with Gasteiger partial charge in [0.25, 0.3) is 0 Å². The van der Waals surface area contributed by atoms with Crippen LogP contribution in [0.25, 0.3) is 0 Å². The molecule has 0 amide bonds. The van der Waals surface area contributed by atoms with Crippen molar-refractivity contribution < 1.29 is 17.9 Å². The van der Waals surface area contributed by atoms with Gasteiger partial charge in [0.1, 0.15) is 0 Å². The predicted octanol–water partition coefficient (Wildman–Crippen LogP) is 1.89. The molecule has 2 rings (SSSR count). The van der Waals surface area contributed by atoms with Crippen molar-refractivity contribution in [2.75, 3.05) is 31.2 Å². The van der Waals surface area contributed by atoms with E-state index < -0.39 is 12.8 Å². The van der Waals surface area contributed by atoms with Crippen LogP contribution in [0.1, 0.15) is 5.56 Å². The zero-order chi connectivity index (χ0) is 16.0. The number of hydrogen-bond acceptors (Lipinski definition) is 4. The molecule has 122 valence electrons. The molecule has 0 bridgehead atoms. The summed E-state index contributed by atoms with van der Waals surface area (Å²) >= 11 is 1.85. The maximum atomic E-state index is 12.2. The average Bonchev–Trinajstić information content (AvgIpc) is 2.51. The predicted molar refractivity (Wildman–Crippen MR) is 80.0 cm³/mol. The van der Waals surface area contributed by atoms with Gasteiger partial charge in [-0.25, -0.2) is 9.98 Å². The molecular formula is C13H17F3N4OS. The van der Waals surface area contributed by atoms with Gasteiger partial charge in [0.05, 0.1) is 6.54 Å². The highest BCUT2D eigenvalue weighted by Crippen LogP contribution is 2.20. The molecule has 1 aromatic heterocycles. The number of ether oxygens (including phenoxy) is 1. The van der Waals surface area contributed by atoms with Crippen LogP contribution < -0.4 is 10.5 Å².